The Morgan fingerprint density at radius 2 is 2.05 bits per heavy atom. The van der Waals surface area contributed by atoms with E-state index in [1.807, 2.05) is 35.2 Å². The normalized spacial score (nSPS) is 20.9. The molecule has 1 aromatic rings. The van der Waals surface area contributed by atoms with E-state index in [2.05, 4.69) is 18.5 Å². The lowest BCUT2D eigenvalue weighted by molar-refractivity contribution is -0.134. The maximum atomic E-state index is 12.7. The van der Waals surface area contributed by atoms with Crippen LogP contribution in [0.5, 0.6) is 0 Å². The van der Waals surface area contributed by atoms with Crippen LogP contribution < -0.4 is 5.32 Å². The van der Waals surface area contributed by atoms with Crippen LogP contribution in [0.25, 0.3) is 0 Å². The molecule has 0 bridgehead atoms. The van der Waals surface area contributed by atoms with E-state index in [4.69, 9.17) is 0 Å². The molecule has 2 unspecified atom stereocenters. The zero-order valence-electron chi connectivity index (χ0n) is 12.5. The predicted octanol–water partition coefficient (Wildman–Crippen LogP) is 2.08. The minimum Gasteiger partial charge on any atom is -0.340 e. The average Bonchev–Trinajstić information content (AvgIpc) is 2.62. The van der Waals surface area contributed by atoms with Gasteiger partial charge in [0.1, 0.15) is 6.04 Å². The summed E-state index contributed by atoms with van der Waals surface area (Å²) in [6.45, 7) is 3.35. The number of nitrogens with zero attached hydrogens (tertiary/aromatic N) is 1. The highest BCUT2D eigenvalue weighted by Gasteiger charge is 2.31. The average molecular weight is 306 g/mol. The number of benzene rings is 1. The predicted molar refractivity (Wildman–Crippen MR) is 86.1 cm³/mol. The molecule has 1 heterocycles. The molecule has 0 saturated carbocycles. The molecule has 1 fully saturated rings. The molecular weight excluding hydrogens is 284 g/mol. The minimum atomic E-state index is -0.553. The highest BCUT2D eigenvalue weighted by molar-refractivity contribution is 7.98. The molecule has 2 amide bonds. The van der Waals surface area contributed by atoms with Gasteiger partial charge in [-0.25, -0.2) is 0 Å². The van der Waals surface area contributed by atoms with Crippen LogP contribution in [0.2, 0.25) is 0 Å². The zero-order chi connectivity index (χ0) is 15.2. The Morgan fingerprint density at radius 1 is 1.33 bits per heavy atom. The summed E-state index contributed by atoms with van der Waals surface area (Å²) in [7, 11) is 0. The first-order valence-corrected chi connectivity index (χ1v) is 8.63. The Hall–Kier alpha value is -1.49. The lowest BCUT2D eigenvalue weighted by atomic mass is 10.1. The molecule has 0 aliphatic carbocycles. The number of amides is 2. The van der Waals surface area contributed by atoms with Crippen molar-refractivity contribution in [1.82, 2.24) is 10.2 Å². The van der Waals surface area contributed by atoms with Crippen LogP contribution >= 0.6 is 11.8 Å². The summed E-state index contributed by atoms with van der Waals surface area (Å²) in [6, 6.07) is 8.91. The Bertz CT molecular complexity index is 492. The second-order valence-electron chi connectivity index (χ2n) is 5.51. The summed E-state index contributed by atoms with van der Waals surface area (Å²) in [5.41, 5.74) is 0.847. The topological polar surface area (TPSA) is 49.4 Å². The van der Waals surface area contributed by atoms with E-state index in [1.54, 1.807) is 11.8 Å². The molecule has 114 valence electrons. The molecule has 0 aromatic heterocycles. The van der Waals surface area contributed by atoms with Crippen LogP contribution in [0.3, 0.4) is 0 Å². The van der Waals surface area contributed by atoms with Gasteiger partial charge in [-0.3, -0.25) is 9.59 Å². The number of nitrogens with one attached hydrogen (secondary N) is 1. The summed E-state index contributed by atoms with van der Waals surface area (Å²) in [5, 5.41) is 2.84. The molecule has 0 spiro atoms. The fourth-order valence-electron chi connectivity index (χ4n) is 2.59. The molecule has 21 heavy (non-hydrogen) atoms. The largest absolute Gasteiger partial charge is 0.340 e. The molecule has 1 N–H and O–H groups in total. The summed E-state index contributed by atoms with van der Waals surface area (Å²) in [6.07, 6.45) is 2.44. The molecule has 1 aromatic carbocycles. The van der Waals surface area contributed by atoms with Gasteiger partial charge in [-0.2, -0.15) is 11.8 Å². The molecule has 1 aliphatic heterocycles. The number of thioether (sulfide) groups is 1. The van der Waals surface area contributed by atoms with Crippen molar-refractivity contribution >= 4 is 23.6 Å². The minimum absolute atomic E-state index is 0.00000283. The zero-order valence-corrected chi connectivity index (χ0v) is 13.4. The van der Waals surface area contributed by atoms with Gasteiger partial charge in [0.2, 0.25) is 11.8 Å². The first-order valence-electron chi connectivity index (χ1n) is 7.24. The molecule has 5 heteroatoms. The van der Waals surface area contributed by atoms with Crippen LogP contribution in [0, 0.1) is 5.92 Å². The van der Waals surface area contributed by atoms with Gasteiger partial charge in [0.05, 0.1) is 0 Å². The van der Waals surface area contributed by atoms with E-state index in [-0.39, 0.29) is 11.8 Å². The highest BCUT2D eigenvalue weighted by Crippen LogP contribution is 2.20. The van der Waals surface area contributed by atoms with Gasteiger partial charge in [-0.1, -0.05) is 37.3 Å². The van der Waals surface area contributed by atoms with Gasteiger partial charge in [-0.05, 0) is 23.5 Å². The van der Waals surface area contributed by atoms with E-state index >= 15 is 0 Å². The maximum Gasteiger partial charge on any atom is 0.249 e. The van der Waals surface area contributed by atoms with Crippen LogP contribution in [0.1, 0.15) is 24.9 Å². The first-order chi connectivity index (χ1) is 10.1. The second kappa shape index (κ2) is 7.50. The van der Waals surface area contributed by atoms with E-state index < -0.39 is 6.04 Å². The van der Waals surface area contributed by atoms with Crippen molar-refractivity contribution in [2.24, 2.45) is 5.92 Å². The fourth-order valence-corrected chi connectivity index (χ4v) is 3.26. The third-order valence-electron chi connectivity index (χ3n) is 3.59. The number of hydrogen-bond acceptors (Lipinski definition) is 3. The quantitative estimate of drug-likeness (QED) is 0.906. The van der Waals surface area contributed by atoms with Crippen LogP contribution in [0.4, 0.5) is 0 Å². The summed E-state index contributed by atoms with van der Waals surface area (Å²) in [4.78, 5) is 26.4. The lowest BCUT2D eigenvalue weighted by Gasteiger charge is -2.26. The molecule has 1 aliphatic rings. The third-order valence-corrected chi connectivity index (χ3v) is 4.49. The maximum absolute atomic E-state index is 12.7. The molecule has 2 rings (SSSR count). The van der Waals surface area contributed by atoms with Gasteiger partial charge in [0, 0.05) is 19.5 Å². The summed E-state index contributed by atoms with van der Waals surface area (Å²) < 4.78 is 0. The number of carbonyl (C=O) groups excluding carboxylic acids is 2. The summed E-state index contributed by atoms with van der Waals surface area (Å²) in [5.74, 6) is 1.38. The number of carbonyl (C=O) groups is 2. The van der Waals surface area contributed by atoms with E-state index in [9.17, 15) is 9.59 Å². The van der Waals surface area contributed by atoms with Crippen molar-refractivity contribution in [2.45, 2.75) is 19.4 Å². The Morgan fingerprint density at radius 3 is 2.71 bits per heavy atom. The van der Waals surface area contributed by atoms with Gasteiger partial charge in [0.15, 0.2) is 0 Å². The standard InChI is InChI=1S/C16H22N2O2S/c1-12(11-21-2)10-18-9-8-14(19)17-15(16(18)20)13-6-4-3-5-7-13/h3-7,12,15H,8-11H2,1-2H3,(H,17,19). The monoisotopic (exact) mass is 306 g/mol. The number of rotatable bonds is 5. The van der Waals surface area contributed by atoms with E-state index in [0.29, 0.717) is 25.4 Å². The fraction of sp³-hybridized carbons (Fsp3) is 0.500. The molecule has 1 saturated heterocycles. The van der Waals surface area contributed by atoms with Gasteiger partial charge in [0.25, 0.3) is 0 Å². The van der Waals surface area contributed by atoms with Crippen LogP contribution in [-0.2, 0) is 9.59 Å². The molecular formula is C16H22N2O2S. The SMILES string of the molecule is CSCC(C)CN1CCC(=O)NC(c2ccccc2)C1=O. The lowest BCUT2D eigenvalue weighted by Crippen LogP contribution is -2.40. The van der Waals surface area contributed by atoms with Crippen molar-refractivity contribution < 1.29 is 9.59 Å². The van der Waals surface area contributed by atoms with E-state index in [1.165, 1.54) is 0 Å². The second-order valence-corrected chi connectivity index (χ2v) is 6.42. The summed E-state index contributed by atoms with van der Waals surface area (Å²) >= 11 is 1.78. The molecule has 2 atom stereocenters. The molecule has 4 nitrogen and oxygen atoms in total. The van der Waals surface area contributed by atoms with E-state index in [0.717, 1.165) is 11.3 Å². The number of hydrogen-bond donors (Lipinski definition) is 1. The van der Waals surface area contributed by atoms with Crippen molar-refractivity contribution in [3.8, 4) is 0 Å². The highest BCUT2D eigenvalue weighted by atomic mass is 32.2. The van der Waals surface area contributed by atoms with Crippen LogP contribution in [0.15, 0.2) is 30.3 Å². The van der Waals surface area contributed by atoms with Crippen LogP contribution in [-0.4, -0.2) is 41.8 Å². The molecule has 0 radical (unpaired) electrons. The van der Waals surface area contributed by atoms with Gasteiger partial charge < -0.3 is 10.2 Å². The Labute approximate surface area is 130 Å². The van der Waals surface area contributed by atoms with Gasteiger partial charge >= 0.3 is 0 Å². The smallest absolute Gasteiger partial charge is 0.249 e. The first kappa shape index (κ1) is 15.9. The Kier molecular flexibility index (Phi) is 5.67. The van der Waals surface area contributed by atoms with Crippen molar-refractivity contribution in [2.75, 3.05) is 25.1 Å². The third kappa shape index (κ3) is 4.24. The van der Waals surface area contributed by atoms with Crippen molar-refractivity contribution in [1.29, 1.82) is 0 Å². The van der Waals surface area contributed by atoms with Crippen molar-refractivity contribution in [3.63, 3.8) is 0 Å². The Balaban J connectivity index is 2.16. The van der Waals surface area contributed by atoms with Crippen molar-refractivity contribution in [3.05, 3.63) is 35.9 Å². The van der Waals surface area contributed by atoms with Gasteiger partial charge in [-0.15, -0.1) is 0 Å².